The topological polar surface area (TPSA) is 75.7 Å². The molecule has 156 valence electrons. The number of anilines is 1. The molecule has 1 N–H and O–H groups in total. The van der Waals surface area contributed by atoms with Gasteiger partial charge in [-0.3, -0.25) is 19.3 Å². The lowest BCUT2D eigenvalue weighted by atomic mass is 10.1. The zero-order chi connectivity index (χ0) is 21.8. The van der Waals surface area contributed by atoms with E-state index in [1.54, 1.807) is 12.1 Å². The number of rotatable bonds is 6. The van der Waals surface area contributed by atoms with Crippen LogP contribution in [0.15, 0.2) is 41.3 Å². The van der Waals surface area contributed by atoms with E-state index < -0.39 is 17.1 Å². The highest BCUT2D eigenvalue weighted by Crippen LogP contribution is 2.32. The highest BCUT2D eigenvalue weighted by Gasteiger charge is 2.36. The van der Waals surface area contributed by atoms with Gasteiger partial charge < -0.3 is 10.1 Å². The number of amides is 3. The fourth-order valence-corrected chi connectivity index (χ4v) is 4.19. The van der Waals surface area contributed by atoms with Crippen LogP contribution in [0.25, 0.3) is 6.08 Å². The lowest BCUT2D eigenvalue weighted by Crippen LogP contribution is -2.36. The van der Waals surface area contributed by atoms with Gasteiger partial charge in [0.15, 0.2) is 0 Å². The normalized spacial score (nSPS) is 15.1. The quantitative estimate of drug-likeness (QED) is 0.681. The molecule has 2 aromatic carbocycles. The minimum Gasteiger partial charge on any atom is -0.494 e. The number of nitrogens with zero attached hydrogens (tertiary/aromatic N) is 1. The first-order valence-electron chi connectivity index (χ1n) is 9.64. The molecule has 6 nitrogen and oxygen atoms in total. The van der Waals surface area contributed by atoms with E-state index in [1.165, 1.54) is 0 Å². The van der Waals surface area contributed by atoms with Crippen molar-refractivity contribution in [1.82, 2.24) is 4.90 Å². The van der Waals surface area contributed by atoms with E-state index in [0.717, 1.165) is 38.9 Å². The number of carbonyl (C=O) groups is 3. The van der Waals surface area contributed by atoms with Crippen LogP contribution in [0.2, 0.25) is 0 Å². The summed E-state index contributed by atoms with van der Waals surface area (Å²) in [6.45, 7) is 7.91. The van der Waals surface area contributed by atoms with Gasteiger partial charge in [-0.2, -0.15) is 0 Å². The molecule has 0 aliphatic carbocycles. The monoisotopic (exact) mass is 424 g/mol. The van der Waals surface area contributed by atoms with Gasteiger partial charge in [0.25, 0.3) is 11.1 Å². The average molecular weight is 425 g/mol. The zero-order valence-corrected chi connectivity index (χ0v) is 18.3. The summed E-state index contributed by atoms with van der Waals surface area (Å²) in [7, 11) is 0. The summed E-state index contributed by atoms with van der Waals surface area (Å²) in [4.78, 5) is 38.8. The molecule has 1 heterocycles. The van der Waals surface area contributed by atoms with Crippen LogP contribution in [-0.4, -0.2) is 35.1 Å². The van der Waals surface area contributed by atoms with E-state index in [0.29, 0.717) is 18.0 Å². The van der Waals surface area contributed by atoms with E-state index in [4.69, 9.17) is 4.74 Å². The first kappa shape index (κ1) is 21.6. The van der Waals surface area contributed by atoms with Gasteiger partial charge in [0.05, 0.1) is 11.5 Å². The van der Waals surface area contributed by atoms with Crippen molar-refractivity contribution < 1.29 is 19.1 Å². The molecule has 1 aliphatic rings. The Labute approximate surface area is 180 Å². The van der Waals surface area contributed by atoms with E-state index >= 15 is 0 Å². The number of imide groups is 1. The third-order valence-electron chi connectivity index (χ3n) is 4.58. The second kappa shape index (κ2) is 9.17. The number of benzene rings is 2. The van der Waals surface area contributed by atoms with Crippen LogP contribution in [0.3, 0.4) is 0 Å². The molecule has 7 heteroatoms. The number of thioether (sulfide) groups is 1. The molecular weight excluding hydrogens is 400 g/mol. The van der Waals surface area contributed by atoms with Crippen LogP contribution < -0.4 is 10.1 Å². The summed E-state index contributed by atoms with van der Waals surface area (Å²) in [5, 5.41) is 2.37. The molecular formula is C23H24N2O4S. The Bertz CT molecular complexity index is 1020. The summed E-state index contributed by atoms with van der Waals surface area (Å²) >= 11 is 0.830. The first-order chi connectivity index (χ1) is 14.3. The van der Waals surface area contributed by atoms with E-state index in [9.17, 15) is 14.4 Å². The maximum atomic E-state index is 12.7. The lowest BCUT2D eigenvalue weighted by Gasteiger charge is -2.15. The lowest BCUT2D eigenvalue weighted by molar-refractivity contribution is -0.127. The number of hydrogen-bond donors (Lipinski definition) is 1. The molecule has 0 atom stereocenters. The van der Waals surface area contributed by atoms with Gasteiger partial charge >= 0.3 is 0 Å². The Morgan fingerprint density at radius 1 is 1.13 bits per heavy atom. The van der Waals surface area contributed by atoms with Crippen molar-refractivity contribution in [2.45, 2.75) is 27.7 Å². The van der Waals surface area contributed by atoms with Gasteiger partial charge in [-0.15, -0.1) is 0 Å². The van der Waals surface area contributed by atoms with Crippen molar-refractivity contribution in [3.05, 3.63) is 63.6 Å². The minimum absolute atomic E-state index is 0.282. The molecule has 2 aromatic rings. The minimum atomic E-state index is -0.473. The molecule has 1 aliphatic heterocycles. The molecule has 0 unspecified atom stereocenters. The van der Waals surface area contributed by atoms with Gasteiger partial charge in [0.1, 0.15) is 12.3 Å². The van der Waals surface area contributed by atoms with Gasteiger partial charge in [-0.05, 0) is 74.4 Å². The van der Waals surface area contributed by atoms with Gasteiger partial charge in [0, 0.05) is 5.69 Å². The van der Waals surface area contributed by atoms with Crippen LogP contribution in [0, 0.1) is 20.8 Å². The van der Waals surface area contributed by atoms with Crippen LogP contribution in [0.5, 0.6) is 5.75 Å². The smallest absolute Gasteiger partial charge is 0.294 e. The van der Waals surface area contributed by atoms with Gasteiger partial charge in [0.2, 0.25) is 5.91 Å². The number of ether oxygens (including phenoxy) is 1. The van der Waals surface area contributed by atoms with Crippen LogP contribution in [-0.2, 0) is 9.59 Å². The van der Waals surface area contributed by atoms with Crippen molar-refractivity contribution in [3.63, 3.8) is 0 Å². The Morgan fingerprint density at radius 2 is 1.83 bits per heavy atom. The molecule has 3 rings (SSSR count). The predicted molar refractivity (Wildman–Crippen MR) is 120 cm³/mol. The number of carbonyl (C=O) groups excluding carboxylic acids is 3. The summed E-state index contributed by atoms with van der Waals surface area (Å²) < 4.78 is 5.46. The number of nitrogens with one attached hydrogen (secondary N) is 1. The van der Waals surface area contributed by atoms with E-state index in [-0.39, 0.29) is 11.4 Å². The molecule has 1 fully saturated rings. The standard InChI is InChI=1S/C23H24N2O4S/c1-5-29-18-8-6-7-17(11-18)12-19-22(27)25(23(28)30-19)13-20(26)24-21-15(3)9-14(2)10-16(21)4/h6-12H,5,13H2,1-4H3,(H,24,26)/b19-12-. The Kier molecular flexibility index (Phi) is 6.62. The zero-order valence-electron chi connectivity index (χ0n) is 17.4. The second-order valence-corrected chi connectivity index (χ2v) is 8.09. The third-order valence-corrected chi connectivity index (χ3v) is 5.49. The van der Waals surface area contributed by atoms with E-state index in [1.807, 2.05) is 58.0 Å². The fraction of sp³-hybridized carbons (Fsp3) is 0.261. The fourth-order valence-electron chi connectivity index (χ4n) is 3.35. The first-order valence-corrected chi connectivity index (χ1v) is 10.5. The van der Waals surface area contributed by atoms with Crippen molar-refractivity contribution in [3.8, 4) is 5.75 Å². The number of aryl methyl sites for hydroxylation is 3. The second-order valence-electron chi connectivity index (χ2n) is 7.10. The molecule has 0 radical (unpaired) electrons. The Balaban J connectivity index is 1.72. The summed E-state index contributed by atoms with van der Waals surface area (Å²) in [6, 6.07) is 11.2. The molecule has 0 spiro atoms. The van der Waals surface area contributed by atoms with E-state index in [2.05, 4.69) is 5.32 Å². The molecule has 0 saturated carbocycles. The third kappa shape index (κ3) is 4.91. The number of hydrogen-bond acceptors (Lipinski definition) is 5. The SMILES string of the molecule is CCOc1cccc(/C=C2\SC(=O)N(CC(=O)Nc3c(C)cc(C)cc3C)C2=O)c1. The van der Waals surface area contributed by atoms with Gasteiger partial charge in [-0.1, -0.05) is 29.8 Å². The van der Waals surface area contributed by atoms with Crippen LogP contribution in [0.1, 0.15) is 29.2 Å². The molecule has 1 saturated heterocycles. The van der Waals surface area contributed by atoms with Crippen molar-refractivity contribution in [2.24, 2.45) is 0 Å². The largest absolute Gasteiger partial charge is 0.494 e. The van der Waals surface area contributed by atoms with Crippen LogP contribution in [0.4, 0.5) is 10.5 Å². The Morgan fingerprint density at radius 3 is 2.50 bits per heavy atom. The summed E-state index contributed by atoms with van der Waals surface area (Å²) in [5.74, 6) is -0.194. The molecule has 0 bridgehead atoms. The average Bonchev–Trinajstić information content (AvgIpc) is 2.92. The molecule has 0 aromatic heterocycles. The van der Waals surface area contributed by atoms with Crippen molar-refractivity contribution >= 4 is 40.6 Å². The van der Waals surface area contributed by atoms with Crippen molar-refractivity contribution in [1.29, 1.82) is 0 Å². The summed E-state index contributed by atoms with van der Waals surface area (Å²) in [6.07, 6.45) is 1.64. The summed E-state index contributed by atoms with van der Waals surface area (Å²) in [5.41, 5.74) is 4.43. The molecule has 3 amide bonds. The molecule has 30 heavy (non-hydrogen) atoms. The highest BCUT2D eigenvalue weighted by molar-refractivity contribution is 8.18. The predicted octanol–water partition coefficient (Wildman–Crippen LogP) is 4.69. The highest BCUT2D eigenvalue weighted by atomic mass is 32.2. The van der Waals surface area contributed by atoms with Gasteiger partial charge in [-0.25, -0.2) is 0 Å². The van der Waals surface area contributed by atoms with Crippen LogP contribution >= 0.6 is 11.8 Å². The Hall–Kier alpha value is -3.06. The maximum Gasteiger partial charge on any atom is 0.294 e. The maximum absolute atomic E-state index is 12.7. The van der Waals surface area contributed by atoms with Crippen molar-refractivity contribution in [2.75, 3.05) is 18.5 Å².